The van der Waals surface area contributed by atoms with E-state index in [1.165, 1.54) is 0 Å². The van der Waals surface area contributed by atoms with Crippen LogP contribution in [0.15, 0.2) is 26.4 Å². The monoisotopic (exact) mass is 272 g/mol. The number of halogens is 1. The van der Waals surface area contributed by atoms with E-state index in [9.17, 15) is 8.42 Å². The van der Waals surface area contributed by atoms with Crippen LogP contribution in [0.4, 0.5) is 0 Å². The molecule has 0 bridgehead atoms. The van der Waals surface area contributed by atoms with Crippen molar-refractivity contribution in [1.82, 2.24) is 0 Å². The quantitative estimate of drug-likeness (QED) is 0.728. The standard InChI is InChI=1S/C10H9BrO2S/c1-6-3-8-5-7(2)14(12,13)10(8)9(11)4-6/h3-5H,1-2H3. The highest BCUT2D eigenvalue weighted by Gasteiger charge is 2.28. The van der Waals surface area contributed by atoms with Crippen molar-refractivity contribution in [1.29, 1.82) is 0 Å². The third kappa shape index (κ3) is 1.25. The van der Waals surface area contributed by atoms with Crippen LogP contribution in [0.5, 0.6) is 0 Å². The average Bonchev–Trinajstić information content (AvgIpc) is 2.21. The summed E-state index contributed by atoms with van der Waals surface area (Å²) in [4.78, 5) is 0.819. The highest BCUT2D eigenvalue weighted by molar-refractivity contribution is 9.10. The third-order valence-corrected chi connectivity index (χ3v) is 5.11. The summed E-state index contributed by atoms with van der Waals surface area (Å²) < 4.78 is 24.3. The van der Waals surface area contributed by atoms with Gasteiger partial charge in [-0.15, -0.1) is 0 Å². The molecule has 1 aliphatic rings. The minimum Gasteiger partial charge on any atom is -0.219 e. The van der Waals surface area contributed by atoms with Gasteiger partial charge in [0.25, 0.3) is 0 Å². The Kier molecular flexibility index (Phi) is 2.08. The normalized spacial score (nSPS) is 17.8. The molecule has 0 amide bonds. The van der Waals surface area contributed by atoms with Gasteiger partial charge in [-0.25, -0.2) is 8.42 Å². The molecule has 1 aromatic rings. The van der Waals surface area contributed by atoms with Gasteiger partial charge in [-0.05, 0) is 53.0 Å². The second-order valence-electron chi connectivity index (χ2n) is 3.42. The molecule has 0 fully saturated rings. The van der Waals surface area contributed by atoms with Gasteiger partial charge in [-0.2, -0.15) is 0 Å². The van der Waals surface area contributed by atoms with Gasteiger partial charge in [-0.3, -0.25) is 0 Å². The van der Waals surface area contributed by atoms with Gasteiger partial charge in [0.05, 0.1) is 4.90 Å². The Bertz CT molecular complexity index is 541. The molecule has 0 aromatic heterocycles. The van der Waals surface area contributed by atoms with Crippen LogP contribution >= 0.6 is 15.9 Å². The lowest BCUT2D eigenvalue weighted by molar-refractivity contribution is 0.603. The lowest BCUT2D eigenvalue weighted by atomic mass is 10.1. The van der Waals surface area contributed by atoms with E-state index in [1.807, 2.05) is 19.1 Å². The summed E-state index contributed by atoms with van der Waals surface area (Å²) in [6.07, 6.45) is 1.71. The van der Waals surface area contributed by atoms with Crippen LogP contribution in [0.3, 0.4) is 0 Å². The SMILES string of the molecule is CC1=Cc2cc(C)cc(Br)c2S1(=O)=O. The fraction of sp³-hybridized carbons (Fsp3) is 0.200. The predicted molar refractivity (Wildman–Crippen MR) is 59.7 cm³/mol. The van der Waals surface area contributed by atoms with Gasteiger partial charge in [0.15, 0.2) is 0 Å². The molecule has 0 saturated carbocycles. The van der Waals surface area contributed by atoms with Crippen molar-refractivity contribution in [3.63, 3.8) is 0 Å². The van der Waals surface area contributed by atoms with Gasteiger partial charge in [-0.1, -0.05) is 6.07 Å². The van der Waals surface area contributed by atoms with Crippen molar-refractivity contribution in [3.05, 3.63) is 32.6 Å². The summed E-state index contributed by atoms with van der Waals surface area (Å²) >= 11 is 3.29. The summed E-state index contributed by atoms with van der Waals surface area (Å²) in [5, 5.41) is 0. The molecule has 0 aliphatic carbocycles. The zero-order chi connectivity index (χ0) is 10.5. The van der Waals surface area contributed by atoms with E-state index in [4.69, 9.17) is 0 Å². The molecular weight excluding hydrogens is 264 g/mol. The molecular formula is C10H9BrO2S. The fourth-order valence-corrected chi connectivity index (χ4v) is 4.18. The predicted octanol–water partition coefficient (Wildman–Crippen LogP) is 2.91. The van der Waals surface area contributed by atoms with Crippen LogP contribution in [0.1, 0.15) is 18.1 Å². The molecule has 74 valence electrons. The average molecular weight is 273 g/mol. The summed E-state index contributed by atoms with van der Waals surface area (Å²) in [5.74, 6) is 0. The molecule has 2 rings (SSSR count). The van der Waals surface area contributed by atoms with Crippen molar-refractivity contribution in [3.8, 4) is 0 Å². The van der Waals surface area contributed by atoms with Crippen molar-refractivity contribution >= 4 is 31.8 Å². The zero-order valence-corrected chi connectivity index (χ0v) is 10.2. The van der Waals surface area contributed by atoms with E-state index < -0.39 is 9.84 Å². The van der Waals surface area contributed by atoms with E-state index in [-0.39, 0.29) is 0 Å². The molecule has 0 saturated heterocycles. The third-order valence-electron chi connectivity index (χ3n) is 2.27. The molecule has 1 aromatic carbocycles. The first-order valence-corrected chi connectivity index (χ1v) is 6.44. The van der Waals surface area contributed by atoms with Crippen LogP contribution in [0.25, 0.3) is 6.08 Å². The molecule has 1 aliphatic heterocycles. The Morgan fingerprint density at radius 3 is 2.50 bits per heavy atom. The van der Waals surface area contributed by atoms with Crippen LogP contribution in [-0.2, 0) is 9.84 Å². The number of hydrogen-bond donors (Lipinski definition) is 0. The Hall–Kier alpha value is -0.610. The van der Waals surface area contributed by atoms with Gasteiger partial charge in [0.1, 0.15) is 0 Å². The van der Waals surface area contributed by atoms with E-state index in [2.05, 4.69) is 15.9 Å². The van der Waals surface area contributed by atoms with Crippen LogP contribution in [0.2, 0.25) is 0 Å². The topological polar surface area (TPSA) is 34.1 Å². The van der Waals surface area contributed by atoms with E-state index in [0.29, 0.717) is 14.3 Å². The summed E-state index contributed by atoms with van der Waals surface area (Å²) in [7, 11) is -3.22. The maximum atomic E-state index is 11.8. The van der Waals surface area contributed by atoms with Gasteiger partial charge in [0.2, 0.25) is 9.84 Å². The first kappa shape index (κ1) is 9.93. The highest BCUT2D eigenvalue weighted by Crippen LogP contribution is 2.38. The minimum atomic E-state index is -3.22. The molecule has 0 radical (unpaired) electrons. The molecule has 0 unspecified atom stereocenters. The number of fused-ring (bicyclic) bond motifs is 1. The second-order valence-corrected chi connectivity index (χ2v) is 6.34. The molecule has 4 heteroatoms. The van der Waals surface area contributed by atoms with Crippen molar-refractivity contribution in [2.24, 2.45) is 0 Å². The largest absolute Gasteiger partial charge is 0.219 e. The van der Waals surface area contributed by atoms with E-state index in [1.54, 1.807) is 13.0 Å². The van der Waals surface area contributed by atoms with E-state index in [0.717, 1.165) is 11.1 Å². The lowest BCUT2D eigenvalue weighted by Crippen LogP contribution is -1.99. The number of aryl methyl sites for hydroxylation is 1. The van der Waals surface area contributed by atoms with Crippen LogP contribution in [0, 0.1) is 6.92 Å². The summed E-state index contributed by atoms with van der Waals surface area (Å²) in [6, 6.07) is 3.71. The van der Waals surface area contributed by atoms with Crippen LogP contribution in [-0.4, -0.2) is 8.42 Å². The van der Waals surface area contributed by atoms with Gasteiger partial charge < -0.3 is 0 Å². The Balaban J connectivity index is 2.87. The molecule has 2 nitrogen and oxygen atoms in total. The number of allylic oxidation sites excluding steroid dienone is 1. The molecule has 1 heterocycles. The summed E-state index contributed by atoms with van der Waals surface area (Å²) in [5.41, 5.74) is 1.84. The molecule has 0 spiro atoms. The number of rotatable bonds is 0. The van der Waals surface area contributed by atoms with Gasteiger partial charge in [0, 0.05) is 9.38 Å². The number of hydrogen-bond acceptors (Lipinski definition) is 2. The first-order valence-electron chi connectivity index (χ1n) is 4.16. The maximum Gasteiger partial charge on any atom is 0.204 e. The summed E-state index contributed by atoms with van der Waals surface area (Å²) in [6.45, 7) is 3.57. The van der Waals surface area contributed by atoms with Crippen LogP contribution < -0.4 is 0 Å². The fourth-order valence-electron chi connectivity index (χ4n) is 1.60. The minimum absolute atomic E-state index is 0.403. The van der Waals surface area contributed by atoms with Crippen molar-refractivity contribution < 1.29 is 8.42 Å². The first-order chi connectivity index (χ1) is 6.43. The highest BCUT2D eigenvalue weighted by atomic mass is 79.9. The smallest absolute Gasteiger partial charge is 0.204 e. The Labute approximate surface area is 91.7 Å². The Morgan fingerprint density at radius 2 is 1.86 bits per heavy atom. The van der Waals surface area contributed by atoms with Crippen molar-refractivity contribution in [2.75, 3.05) is 0 Å². The second kappa shape index (κ2) is 2.94. The molecule has 14 heavy (non-hydrogen) atoms. The number of benzene rings is 1. The Morgan fingerprint density at radius 1 is 1.21 bits per heavy atom. The maximum absolute atomic E-state index is 11.8. The molecule has 0 atom stereocenters. The van der Waals surface area contributed by atoms with Gasteiger partial charge >= 0.3 is 0 Å². The molecule has 0 N–H and O–H groups in total. The lowest BCUT2D eigenvalue weighted by Gasteiger charge is -2.04. The zero-order valence-electron chi connectivity index (χ0n) is 7.83. The van der Waals surface area contributed by atoms with E-state index >= 15 is 0 Å². The van der Waals surface area contributed by atoms with Crippen molar-refractivity contribution in [2.45, 2.75) is 18.7 Å². The number of sulfone groups is 1.